The molecule has 1 unspecified atom stereocenters. The summed E-state index contributed by atoms with van der Waals surface area (Å²) in [6.07, 6.45) is 0. The first kappa shape index (κ1) is 18.8. The number of para-hydroxylation sites is 1. The Balaban J connectivity index is 1.59. The molecule has 0 aromatic heterocycles. The van der Waals surface area contributed by atoms with E-state index >= 15 is 0 Å². The van der Waals surface area contributed by atoms with Gasteiger partial charge in [-0.05, 0) is 26.0 Å². The van der Waals surface area contributed by atoms with Crippen molar-refractivity contribution in [2.75, 3.05) is 12.7 Å². The number of β-lactam (4-membered cyclic amide) rings is 1. The Bertz CT molecular complexity index is 714. The van der Waals surface area contributed by atoms with E-state index in [-0.39, 0.29) is 24.0 Å². The number of carbonyl (C=O) groups is 3. The van der Waals surface area contributed by atoms with Gasteiger partial charge in [0.05, 0.1) is 0 Å². The van der Waals surface area contributed by atoms with Gasteiger partial charge in [-0.3, -0.25) is 9.59 Å². The Labute approximate surface area is 160 Å². The molecule has 2 fully saturated rings. The molecule has 2 saturated heterocycles. The summed E-state index contributed by atoms with van der Waals surface area (Å²) in [5.74, 6) is -0.662. The molecule has 0 saturated carbocycles. The van der Waals surface area contributed by atoms with Crippen LogP contribution in [0.4, 0.5) is 0 Å². The number of amides is 2. The molecular formula is C17H19ClN2O5S. The first-order valence-corrected chi connectivity index (χ1v) is 9.46. The van der Waals surface area contributed by atoms with Crippen molar-refractivity contribution in [1.29, 1.82) is 0 Å². The van der Waals surface area contributed by atoms with Crippen molar-refractivity contribution in [3.05, 3.63) is 30.3 Å². The second-order valence-corrected chi connectivity index (χ2v) is 8.47. The fraction of sp³-hybridized carbons (Fsp3) is 0.471. The highest BCUT2D eigenvalue weighted by atomic mass is 35.5. The molecule has 3 rings (SSSR count). The maximum absolute atomic E-state index is 12.5. The maximum atomic E-state index is 12.5. The quantitative estimate of drug-likeness (QED) is 0.442. The first-order valence-electron chi connectivity index (χ1n) is 8.05. The van der Waals surface area contributed by atoms with Gasteiger partial charge >= 0.3 is 5.97 Å². The van der Waals surface area contributed by atoms with Crippen molar-refractivity contribution >= 4 is 41.1 Å². The van der Waals surface area contributed by atoms with Gasteiger partial charge in [-0.1, -0.05) is 29.8 Å². The van der Waals surface area contributed by atoms with E-state index < -0.39 is 28.7 Å². The van der Waals surface area contributed by atoms with Crippen LogP contribution in [0.5, 0.6) is 5.75 Å². The van der Waals surface area contributed by atoms with Crippen LogP contribution in [0, 0.1) is 0 Å². The topological polar surface area (TPSA) is 84.9 Å². The van der Waals surface area contributed by atoms with Crippen LogP contribution in [0.25, 0.3) is 0 Å². The number of carbonyl (C=O) groups excluding carboxylic acids is 3. The van der Waals surface area contributed by atoms with Crippen LogP contribution in [-0.4, -0.2) is 57.6 Å². The molecule has 26 heavy (non-hydrogen) atoms. The Morgan fingerprint density at radius 2 is 2.00 bits per heavy atom. The predicted octanol–water partition coefficient (Wildman–Crippen LogP) is 1.35. The predicted molar refractivity (Wildman–Crippen MR) is 96.8 cm³/mol. The molecule has 0 radical (unpaired) electrons. The highest BCUT2D eigenvalue weighted by Gasteiger charge is 2.64. The van der Waals surface area contributed by atoms with Crippen LogP contribution in [0.2, 0.25) is 0 Å². The van der Waals surface area contributed by atoms with Crippen molar-refractivity contribution < 1.29 is 23.9 Å². The molecular weight excluding hydrogens is 380 g/mol. The van der Waals surface area contributed by atoms with Gasteiger partial charge in [0.25, 0.3) is 5.91 Å². The highest BCUT2D eigenvalue weighted by molar-refractivity contribution is 8.01. The third kappa shape index (κ3) is 3.48. The molecule has 1 N–H and O–H groups in total. The zero-order chi connectivity index (χ0) is 18.9. The van der Waals surface area contributed by atoms with Gasteiger partial charge in [-0.2, -0.15) is 0 Å². The molecule has 1 aromatic rings. The number of hydrogen-bond acceptors (Lipinski definition) is 6. The zero-order valence-electron chi connectivity index (χ0n) is 14.3. The summed E-state index contributed by atoms with van der Waals surface area (Å²) in [5.41, 5.74) is 0. The summed E-state index contributed by atoms with van der Waals surface area (Å²) >= 11 is 6.92. The lowest BCUT2D eigenvalue weighted by molar-refractivity contribution is -0.163. The van der Waals surface area contributed by atoms with Gasteiger partial charge in [-0.15, -0.1) is 11.8 Å². The molecule has 2 amide bonds. The summed E-state index contributed by atoms with van der Waals surface area (Å²) < 4.78 is 9.72. The smallest absolute Gasteiger partial charge is 0.331 e. The third-order valence-corrected chi connectivity index (χ3v) is 5.97. The number of rotatable bonds is 6. The number of benzene rings is 1. The molecule has 3 atom stereocenters. The monoisotopic (exact) mass is 398 g/mol. The maximum Gasteiger partial charge on any atom is 0.331 e. The summed E-state index contributed by atoms with van der Waals surface area (Å²) in [4.78, 5) is 38.2. The van der Waals surface area contributed by atoms with Crippen LogP contribution in [0.1, 0.15) is 13.8 Å². The molecule has 0 spiro atoms. The fourth-order valence-corrected chi connectivity index (χ4v) is 4.87. The van der Waals surface area contributed by atoms with Gasteiger partial charge in [0, 0.05) is 4.75 Å². The highest BCUT2D eigenvalue weighted by Crippen LogP contribution is 2.51. The lowest BCUT2D eigenvalue weighted by Crippen LogP contribution is -2.71. The molecule has 0 bridgehead atoms. The van der Waals surface area contributed by atoms with E-state index in [2.05, 4.69) is 5.32 Å². The van der Waals surface area contributed by atoms with E-state index in [1.54, 1.807) is 24.3 Å². The second-order valence-electron chi connectivity index (χ2n) is 6.48. The SMILES string of the molecule is CC1(C)S[C@@H]2C(NC(=O)COc3ccccc3)C(=O)N2[C@H]1C(=O)OCCl. The van der Waals surface area contributed by atoms with E-state index in [1.807, 2.05) is 19.9 Å². The molecule has 2 heterocycles. The average Bonchev–Trinajstić information content (AvgIpc) is 2.87. The molecule has 2 aliphatic heterocycles. The molecule has 7 nitrogen and oxygen atoms in total. The fourth-order valence-electron chi connectivity index (χ4n) is 3.14. The number of thioether (sulfide) groups is 1. The van der Waals surface area contributed by atoms with Crippen LogP contribution < -0.4 is 10.1 Å². The van der Waals surface area contributed by atoms with Crippen LogP contribution >= 0.6 is 23.4 Å². The summed E-state index contributed by atoms with van der Waals surface area (Å²) in [7, 11) is 0. The summed E-state index contributed by atoms with van der Waals surface area (Å²) in [6.45, 7) is 3.54. The summed E-state index contributed by atoms with van der Waals surface area (Å²) in [5, 5.41) is 2.37. The van der Waals surface area contributed by atoms with E-state index in [0.717, 1.165) is 0 Å². The minimum absolute atomic E-state index is 0.188. The number of nitrogens with zero attached hydrogens (tertiary/aromatic N) is 1. The second kappa shape index (κ2) is 7.36. The van der Waals surface area contributed by atoms with E-state index in [0.29, 0.717) is 5.75 Å². The number of fused-ring (bicyclic) bond motifs is 1. The number of hydrogen-bond donors (Lipinski definition) is 1. The Hall–Kier alpha value is -1.93. The number of alkyl halides is 1. The Morgan fingerprint density at radius 3 is 2.65 bits per heavy atom. The van der Waals surface area contributed by atoms with E-state index in [9.17, 15) is 14.4 Å². The molecule has 0 aliphatic carbocycles. The van der Waals surface area contributed by atoms with Crippen molar-refractivity contribution in [2.45, 2.75) is 36.1 Å². The lowest BCUT2D eigenvalue weighted by Gasteiger charge is -2.43. The minimum atomic E-state index is -0.725. The average molecular weight is 399 g/mol. The number of esters is 1. The van der Waals surface area contributed by atoms with E-state index in [4.69, 9.17) is 21.1 Å². The van der Waals surface area contributed by atoms with Gasteiger partial charge in [-0.25, -0.2) is 4.79 Å². The van der Waals surface area contributed by atoms with Crippen molar-refractivity contribution in [2.24, 2.45) is 0 Å². The molecule has 2 aliphatic rings. The number of nitrogens with one attached hydrogen (secondary N) is 1. The van der Waals surface area contributed by atoms with Gasteiger partial charge in [0.15, 0.2) is 12.7 Å². The van der Waals surface area contributed by atoms with Crippen molar-refractivity contribution in [1.82, 2.24) is 10.2 Å². The van der Waals surface area contributed by atoms with Gasteiger partial charge in [0.1, 0.15) is 23.2 Å². The van der Waals surface area contributed by atoms with Crippen molar-refractivity contribution in [3.63, 3.8) is 0 Å². The summed E-state index contributed by atoms with van der Waals surface area (Å²) in [6, 6.07) is 7.27. The van der Waals surface area contributed by atoms with Crippen LogP contribution in [-0.2, 0) is 19.1 Å². The largest absolute Gasteiger partial charge is 0.484 e. The third-order valence-electron chi connectivity index (χ3n) is 4.29. The standard InChI is InChI=1S/C17H19ClN2O5S/c1-17(2)13(16(23)25-9-18)20-14(22)12(15(20)26-17)19-11(21)8-24-10-6-4-3-5-7-10/h3-7,12-13,15H,8-9H2,1-2H3,(H,19,21)/t12?,13-,15+/m0/s1. The van der Waals surface area contributed by atoms with Crippen LogP contribution in [0.3, 0.4) is 0 Å². The zero-order valence-corrected chi connectivity index (χ0v) is 15.9. The number of halogens is 1. The Kier molecular flexibility index (Phi) is 5.34. The number of ether oxygens (including phenoxy) is 2. The van der Waals surface area contributed by atoms with E-state index in [1.165, 1.54) is 16.7 Å². The lowest BCUT2D eigenvalue weighted by atomic mass is 9.96. The molecule has 1 aromatic carbocycles. The molecule has 140 valence electrons. The van der Waals surface area contributed by atoms with Crippen molar-refractivity contribution in [3.8, 4) is 5.75 Å². The minimum Gasteiger partial charge on any atom is -0.484 e. The van der Waals surface area contributed by atoms with Gasteiger partial charge < -0.3 is 19.7 Å². The Morgan fingerprint density at radius 1 is 1.31 bits per heavy atom. The molecule has 9 heteroatoms. The first-order chi connectivity index (χ1) is 12.3. The van der Waals surface area contributed by atoms with Crippen LogP contribution in [0.15, 0.2) is 30.3 Å². The van der Waals surface area contributed by atoms with Gasteiger partial charge in [0.2, 0.25) is 5.91 Å². The normalized spacial score (nSPS) is 25.9.